The molecule has 0 saturated heterocycles. The molecule has 0 N–H and O–H groups in total. The minimum atomic E-state index is -0.266. The van der Waals surface area contributed by atoms with E-state index in [0.29, 0.717) is 5.75 Å². The van der Waals surface area contributed by atoms with Gasteiger partial charge in [0.05, 0.1) is 25.6 Å². The predicted molar refractivity (Wildman–Crippen MR) is 142 cm³/mol. The molecule has 0 aliphatic rings. The summed E-state index contributed by atoms with van der Waals surface area (Å²) in [6, 6.07) is 18.8. The van der Waals surface area contributed by atoms with Gasteiger partial charge in [0.15, 0.2) is 16.3 Å². The van der Waals surface area contributed by atoms with Gasteiger partial charge in [-0.3, -0.25) is 0 Å². The van der Waals surface area contributed by atoms with Crippen LogP contribution >= 0.6 is 28.3 Å². The summed E-state index contributed by atoms with van der Waals surface area (Å²) < 4.78 is 26.5. The van der Waals surface area contributed by atoms with Gasteiger partial charge in [0.25, 0.3) is 0 Å². The fourth-order valence-corrected chi connectivity index (χ4v) is 4.71. The molecule has 0 bridgehead atoms. The second kappa shape index (κ2) is 11.5. The van der Waals surface area contributed by atoms with Crippen molar-refractivity contribution in [1.29, 1.82) is 0 Å². The maximum Gasteiger partial charge on any atom is 0.190 e. The van der Waals surface area contributed by atoms with E-state index in [0.717, 1.165) is 40.5 Å². The second-order valence-corrected chi connectivity index (χ2v) is 8.74. The van der Waals surface area contributed by atoms with Gasteiger partial charge in [0, 0.05) is 17.5 Å². The average molecular weight is 544 g/mol. The van der Waals surface area contributed by atoms with Crippen molar-refractivity contribution in [3.05, 3.63) is 93.4 Å². The fraction of sp³-hybridized carbons (Fsp3) is 0.222. The smallest absolute Gasteiger partial charge is 0.190 e. The molecule has 4 nitrogen and oxygen atoms in total. The molecule has 34 heavy (non-hydrogen) atoms. The third kappa shape index (κ3) is 5.77. The van der Waals surface area contributed by atoms with Crippen LogP contribution in [0.5, 0.6) is 11.5 Å². The lowest BCUT2D eigenvalue weighted by atomic mass is 10.0. The van der Waals surface area contributed by atoms with Gasteiger partial charge in [-0.15, -0.1) is 28.3 Å². The topological polar surface area (TPSA) is 35.8 Å². The molecular weight excluding hydrogens is 515 g/mol. The maximum atomic E-state index is 13.4. The lowest BCUT2D eigenvalue weighted by Gasteiger charge is -2.13. The monoisotopic (exact) mass is 542 g/mol. The highest BCUT2D eigenvalue weighted by Gasteiger charge is 2.12. The number of ether oxygens (including phenoxy) is 2. The van der Waals surface area contributed by atoms with E-state index >= 15 is 0 Å². The number of aromatic nitrogens is 1. The van der Waals surface area contributed by atoms with Crippen molar-refractivity contribution >= 4 is 34.0 Å². The number of methoxy groups -OCH3 is 2. The normalized spacial score (nSPS) is 11.3. The van der Waals surface area contributed by atoms with E-state index < -0.39 is 0 Å². The van der Waals surface area contributed by atoms with Crippen LogP contribution in [0.1, 0.15) is 16.7 Å². The highest BCUT2D eigenvalue weighted by Crippen LogP contribution is 2.29. The van der Waals surface area contributed by atoms with Crippen molar-refractivity contribution in [2.45, 2.75) is 26.8 Å². The summed E-state index contributed by atoms with van der Waals surface area (Å²) in [6.45, 7) is 4.97. The first kappa shape index (κ1) is 25.7. The van der Waals surface area contributed by atoms with Crippen molar-refractivity contribution in [2.24, 2.45) is 4.99 Å². The van der Waals surface area contributed by atoms with E-state index in [2.05, 4.69) is 48.1 Å². The summed E-state index contributed by atoms with van der Waals surface area (Å²) in [4.78, 5) is 5.70. The average Bonchev–Trinajstić information content (AvgIpc) is 3.22. The van der Waals surface area contributed by atoms with Crippen molar-refractivity contribution in [3.8, 4) is 22.8 Å². The highest BCUT2D eigenvalue weighted by atomic mass is 79.9. The van der Waals surface area contributed by atoms with Crippen LogP contribution in [0.2, 0.25) is 0 Å². The van der Waals surface area contributed by atoms with Gasteiger partial charge in [-0.1, -0.05) is 23.8 Å². The summed E-state index contributed by atoms with van der Waals surface area (Å²) in [5, 5.41) is 2.15. The zero-order chi connectivity index (χ0) is 23.4. The lowest BCUT2D eigenvalue weighted by Crippen LogP contribution is -2.17. The summed E-state index contributed by atoms with van der Waals surface area (Å²) in [5.74, 6) is 1.17. The quantitative estimate of drug-likeness (QED) is 0.251. The molecule has 0 radical (unpaired) electrons. The number of benzene rings is 3. The largest absolute Gasteiger partial charge is 0.493 e. The van der Waals surface area contributed by atoms with Crippen molar-refractivity contribution in [1.82, 2.24) is 4.57 Å². The number of halogens is 2. The Morgan fingerprint density at radius 3 is 2.35 bits per heavy atom. The van der Waals surface area contributed by atoms with Crippen LogP contribution < -0.4 is 14.3 Å². The van der Waals surface area contributed by atoms with Crippen LogP contribution in [-0.4, -0.2) is 18.8 Å². The fourth-order valence-electron chi connectivity index (χ4n) is 3.77. The van der Waals surface area contributed by atoms with Gasteiger partial charge in [-0.2, -0.15) is 0 Å². The van der Waals surface area contributed by atoms with Crippen LogP contribution in [0, 0.1) is 19.7 Å². The Balaban J connectivity index is 0.00000324. The first-order valence-corrected chi connectivity index (χ1v) is 11.6. The van der Waals surface area contributed by atoms with Crippen LogP contribution in [0.3, 0.4) is 0 Å². The number of rotatable bonds is 7. The van der Waals surface area contributed by atoms with Gasteiger partial charge < -0.3 is 14.0 Å². The second-order valence-electron chi connectivity index (χ2n) is 7.90. The molecule has 0 spiro atoms. The van der Waals surface area contributed by atoms with Crippen LogP contribution in [-0.2, 0) is 13.0 Å². The van der Waals surface area contributed by atoms with Crippen LogP contribution in [0.25, 0.3) is 11.3 Å². The summed E-state index contributed by atoms with van der Waals surface area (Å²) in [7, 11) is 3.28. The third-order valence-corrected chi connectivity index (χ3v) is 6.45. The van der Waals surface area contributed by atoms with Gasteiger partial charge in [-0.25, -0.2) is 9.38 Å². The van der Waals surface area contributed by atoms with Crippen molar-refractivity contribution < 1.29 is 13.9 Å². The number of thiazole rings is 1. The molecule has 1 heterocycles. The molecule has 7 heteroatoms. The summed E-state index contributed by atoms with van der Waals surface area (Å²) in [5.41, 5.74) is 6.62. The molecule has 0 aliphatic carbocycles. The molecule has 4 aromatic rings. The highest BCUT2D eigenvalue weighted by molar-refractivity contribution is 8.93. The molecule has 3 aromatic carbocycles. The Bertz CT molecular complexity index is 1330. The Morgan fingerprint density at radius 2 is 1.65 bits per heavy atom. The predicted octanol–water partition coefficient (Wildman–Crippen LogP) is 7.04. The molecule has 0 saturated carbocycles. The van der Waals surface area contributed by atoms with E-state index in [9.17, 15) is 4.39 Å². The molecule has 0 aliphatic heterocycles. The maximum absolute atomic E-state index is 13.4. The van der Waals surface area contributed by atoms with E-state index in [1.807, 2.05) is 12.1 Å². The number of nitrogens with zero attached hydrogens (tertiary/aromatic N) is 2. The van der Waals surface area contributed by atoms with Gasteiger partial charge in [0.2, 0.25) is 0 Å². The van der Waals surface area contributed by atoms with Gasteiger partial charge >= 0.3 is 0 Å². The minimum absolute atomic E-state index is 0. The summed E-state index contributed by atoms with van der Waals surface area (Å²) >= 11 is 1.59. The van der Waals surface area contributed by atoms with Crippen LogP contribution in [0.4, 0.5) is 10.1 Å². The molecule has 0 fully saturated rings. The molecule has 0 unspecified atom stereocenters. The number of hydrogen-bond donors (Lipinski definition) is 0. The Kier molecular flexibility index (Phi) is 8.69. The molecule has 0 amide bonds. The third-order valence-electron chi connectivity index (χ3n) is 5.59. The Hall–Kier alpha value is -2.90. The molecule has 0 atom stereocenters. The Morgan fingerprint density at radius 1 is 0.912 bits per heavy atom. The van der Waals surface area contributed by atoms with Crippen molar-refractivity contribution in [2.75, 3.05) is 14.2 Å². The van der Waals surface area contributed by atoms with Crippen molar-refractivity contribution in [3.63, 3.8) is 0 Å². The van der Waals surface area contributed by atoms with E-state index in [1.54, 1.807) is 37.7 Å². The lowest BCUT2D eigenvalue weighted by molar-refractivity contribution is 0.354. The molecule has 178 valence electrons. The molecule has 1 aromatic heterocycles. The SMILES string of the molecule is Br.COc1ccc(CCn2c(-c3cc(C)ccc3C)csc2=Nc2ccc(F)cc2)cc1OC. The van der Waals surface area contributed by atoms with Gasteiger partial charge in [-0.05, 0) is 73.9 Å². The number of hydrogen-bond acceptors (Lipinski definition) is 4. The zero-order valence-electron chi connectivity index (χ0n) is 19.7. The van der Waals surface area contributed by atoms with E-state index in [4.69, 9.17) is 14.5 Å². The summed E-state index contributed by atoms with van der Waals surface area (Å²) in [6.07, 6.45) is 0.797. The first-order chi connectivity index (χ1) is 16.0. The molecule has 4 rings (SSSR count). The van der Waals surface area contributed by atoms with E-state index in [-0.39, 0.29) is 22.8 Å². The minimum Gasteiger partial charge on any atom is -0.493 e. The Labute approximate surface area is 214 Å². The standard InChI is InChI=1S/C27H27FN2O2S.BrH/c1-18-5-6-19(2)23(15-18)24-17-33-27(29-22-10-8-21(28)9-11-22)30(24)14-13-20-7-12-25(31-3)26(16-20)32-4;/h5-12,15-17H,13-14H2,1-4H3;1H. The molecular formula is C27H28BrFN2O2S. The van der Waals surface area contributed by atoms with Crippen LogP contribution in [0.15, 0.2) is 71.0 Å². The number of aryl methyl sites for hydroxylation is 3. The van der Waals surface area contributed by atoms with E-state index in [1.165, 1.54) is 28.8 Å². The van der Waals surface area contributed by atoms with Gasteiger partial charge in [0.1, 0.15) is 5.82 Å². The zero-order valence-corrected chi connectivity index (χ0v) is 22.2. The first-order valence-electron chi connectivity index (χ1n) is 10.8.